The molecule has 0 aliphatic carbocycles. The molecular weight excluding hydrogens is 263 g/mol. The Hall–Kier alpha value is -1.11. The van der Waals surface area contributed by atoms with Crippen LogP contribution in [0.3, 0.4) is 0 Å². The van der Waals surface area contributed by atoms with Crippen LogP contribution >= 0.6 is 15.9 Å². The van der Waals surface area contributed by atoms with Crippen LogP contribution in [0.4, 0.5) is 13.2 Å². The molecule has 0 saturated carbocycles. The highest BCUT2D eigenvalue weighted by Gasteiger charge is 2.34. The van der Waals surface area contributed by atoms with Crippen LogP contribution in [0.2, 0.25) is 0 Å². The van der Waals surface area contributed by atoms with Crippen LogP contribution in [0.1, 0.15) is 5.56 Å². The summed E-state index contributed by atoms with van der Waals surface area (Å²) in [6.45, 7) is 0. The van der Waals surface area contributed by atoms with Gasteiger partial charge in [-0.05, 0) is 22.0 Å². The number of nitrogens with zero attached hydrogens (tertiary/aromatic N) is 3. The van der Waals surface area contributed by atoms with Crippen molar-refractivity contribution >= 4 is 21.4 Å². The van der Waals surface area contributed by atoms with Crippen molar-refractivity contribution in [2.24, 2.45) is 0 Å². The Bertz CT molecular complexity index is 476. The maximum Gasteiger partial charge on any atom is 0.418 e. The predicted molar refractivity (Wildman–Crippen MR) is 45.7 cm³/mol. The van der Waals surface area contributed by atoms with E-state index < -0.39 is 11.7 Å². The first kappa shape index (κ1) is 9.45. The van der Waals surface area contributed by atoms with Crippen LogP contribution in [0.15, 0.2) is 23.2 Å². The van der Waals surface area contributed by atoms with Crippen LogP contribution < -0.4 is 0 Å². The molecule has 0 N–H and O–H groups in total. The second-order valence-corrected chi connectivity index (χ2v) is 3.40. The summed E-state index contributed by atoms with van der Waals surface area (Å²) >= 11 is 2.98. The first-order valence-corrected chi connectivity index (χ1v) is 4.34. The minimum Gasteiger partial charge on any atom is -0.241 e. The average molecular weight is 266 g/mol. The highest BCUT2D eigenvalue weighted by molar-refractivity contribution is 9.10. The van der Waals surface area contributed by atoms with Gasteiger partial charge in [0.05, 0.1) is 17.3 Å². The molecular formula is C7H3BrF3N3. The summed E-state index contributed by atoms with van der Waals surface area (Å²) in [6.07, 6.45) is -2.08. The molecule has 0 aliphatic heterocycles. The van der Waals surface area contributed by atoms with Gasteiger partial charge in [-0.1, -0.05) is 0 Å². The van der Waals surface area contributed by atoms with E-state index in [0.29, 0.717) is 0 Å². The maximum atomic E-state index is 12.4. The minimum atomic E-state index is -4.39. The van der Waals surface area contributed by atoms with E-state index in [1.54, 1.807) is 0 Å². The fourth-order valence-corrected chi connectivity index (χ4v) is 1.65. The zero-order valence-corrected chi connectivity index (χ0v) is 8.17. The molecule has 0 spiro atoms. The third-order valence-electron chi connectivity index (χ3n) is 1.71. The highest BCUT2D eigenvalue weighted by Crippen LogP contribution is 2.35. The number of halogens is 4. The Balaban J connectivity index is 2.80. The molecule has 3 nitrogen and oxygen atoms in total. The summed E-state index contributed by atoms with van der Waals surface area (Å²) in [4.78, 5) is 3.55. The van der Waals surface area contributed by atoms with Crippen molar-refractivity contribution < 1.29 is 13.2 Å². The van der Waals surface area contributed by atoms with Gasteiger partial charge in [-0.15, -0.1) is 0 Å². The molecule has 2 rings (SSSR count). The molecule has 74 valence electrons. The van der Waals surface area contributed by atoms with Gasteiger partial charge in [-0.2, -0.15) is 18.3 Å². The molecule has 2 aromatic heterocycles. The van der Waals surface area contributed by atoms with E-state index in [-0.39, 0.29) is 10.1 Å². The second-order valence-electron chi connectivity index (χ2n) is 2.58. The third kappa shape index (κ3) is 1.37. The highest BCUT2D eigenvalue weighted by atomic mass is 79.9. The lowest BCUT2D eigenvalue weighted by atomic mass is 10.3. The lowest BCUT2D eigenvalue weighted by Gasteiger charge is -2.02. The first-order valence-electron chi connectivity index (χ1n) is 3.54. The molecule has 14 heavy (non-hydrogen) atoms. The SMILES string of the molecule is FC(F)(F)c1cc(Br)n2ncncc12. The molecule has 0 fully saturated rings. The molecule has 0 aliphatic rings. The maximum absolute atomic E-state index is 12.4. The zero-order chi connectivity index (χ0) is 10.3. The Morgan fingerprint density at radius 3 is 2.71 bits per heavy atom. The largest absolute Gasteiger partial charge is 0.418 e. The monoisotopic (exact) mass is 265 g/mol. The van der Waals surface area contributed by atoms with Gasteiger partial charge in [0.15, 0.2) is 0 Å². The third-order valence-corrected chi connectivity index (χ3v) is 2.27. The van der Waals surface area contributed by atoms with Gasteiger partial charge < -0.3 is 0 Å². The van der Waals surface area contributed by atoms with Crippen molar-refractivity contribution in [3.8, 4) is 0 Å². The molecule has 0 unspecified atom stereocenters. The number of hydrogen-bond donors (Lipinski definition) is 0. The topological polar surface area (TPSA) is 30.2 Å². The van der Waals surface area contributed by atoms with Crippen molar-refractivity contribution in [2.45, 2.75) is 6.18 Å². The van der Waals surface area contributed by atoms with Gasteiger partial charge in [0.25, 0.3) is 0 Å². The normalized spacial score (nSPS) is 12.3. The molecule has 0 radical (unpaired) electrons. The van der Waals surface area contributed by atoms with Crippen LogP contribution in [0.5, 0.6) is 0 Å². The first-order chi connectivity index (χ1) is 6.50. The van der Waals surface area contributed by atoms with Gasteiger partial charge in [0, 0.05) is 0 Å². The van der Waals surface area contributed by atoms with Gasteiger partial charge in [-0.25, -0.2) is 9.50 Å². The van der Waals surface area contributed by atoms with Crippen LogP contribution in [-0.4, -0.2) is 14.6 Å². The van der Waals surface area contributed by atoms with Crippen molar-refractivity contribution in [3.05, 3.63) is 28.8 Å². The summed E-state index contributed by atoms with van der Waals surface area (Å²) < 4.78 is 38.7. The molecule has 0 bridgehead atoms. The summed E-state index contributed by atoms with van der Waals surface area (Å²) in [6, 6.07) is 0.976. The lowest BCUT2D eigenvalue weighted by Crippen LogP contribution is -2.04. The Morgan fingerprint density at radius 2 is 2.07 bits per heavy atom. The number of hydrogen-bond acceptors (Lipinski definition) is 2. The van der Waals surface area contributed by atoms with Gasteiger partial charge in [-0.3, -0.25) is 0 Å². The van der Waals surface area contributed by atoms with Gasteiger partial charge in [0.2, 0.25) is 0 Å². The lowest BCUT2D eigenvalue weighted by molar-refractivity contribution is -0.136. The summed E-state index contributed by atoms with van der Waals surface area (Å²) in [7, 11) is 0. The van der Waals surface area contributed by atoms with Gasteiger partial charge in [0.1, 0.15) is 10.9 Å². The smallest absolute Gasteiger partial charge is 0.241 e. The van der Waals surface area contributed by atoms with Crippen molar-refractivity contribution in [1.29, 1.82) is 0 Å². The van der Waals surface area contributed by atoms with Crippen LogP contribution in [0.25, 0.3) is 5.52 Å². The van der Waals surface area contributed by atoms with Crippen LogP contribution in [-0.2, 0) is 6.18 Å². The van der Waals surface area contributed by atoms with Crippen molar-refractivity contribution in [2.75, 3.05) is 0 Å². The van der Waals surface area contributed by atoms with E-state index in [4.69, 9.17) is 0 Å². The fourth-order valence-electron chi connectivity index (χ4n) is 1.14. The summed E-state index contributed by atoms with van der Waals surface area (Å²) in [5.74, 6) is 0. The standard InChI is InChI=1S/C7H3BrF3N3/c8-6-1-4(7(9,10)11)5-2-12-3-13-14(5)6/h1-3H. The number of aromatic nitrogens is 3. The molecule has 0 amide bonds. The molecule has 0 aromatic carbocycles. The van der Waals surface area contributed by atoms with Crippen molar-refractivity contribution in [1.82, 2.24) is 14.6 Å². The van der Waals surface area contributed by atoms with Crippen molar-refractivity contribution in [3.63, 3.8) is 0 Å². The van der Waals surface area contributed by atoms with E-state index in [2.05, 4.69) is 26.0 Å². The zero-order valence-electron chi connectivity index (χ0n) is 6.59. The summed E-state index contributed by atoms with van der Waals surface area (Å²) in [5, 5.41) is 3.67. The Kier molecular flexibility index (Phi) is 1.99. The van der Waals surface area contributed by atoms with E-state index in [9.17, 15) is 13.2 Å². The Labute approximate surface area is 84.7 Å². The predicted octanol–water partition coefficient (Wildman–Crippen LogP) is 2.51. The molecule has 0 saturated heterocycles. The van der Waals surface area contributed by atoms with E-state index in [0.717, 1.165) is 16.8 Å². The molecule has 7 heteroatoms. The number of alkyl halides is 3. The van der Waals surface area contributed by atoms with E-state index in [1.165, 1.54) is 6.33 Å². The number of fused-ring (bicyclic) bond motifs is 1. The minimum absolute atomic E-state index is 0.0631. The fraction of sp³-hybridized carbons (Fsp3) is 0.143. The van der Waals surface area contributed by atoms with E-state index >= 15 is 0 Å². The molecule has 2 aromatic rings. The van der Waals surface area contributed by atoms with E-state index in [1.807, 2.05) is 0 Å². The molecule has 0 atom stereocenters. The molecule has 2 heterocycles. The average Bonchev–Trinajstić information content (AvgIpc) is 2.44. The van der Waals surface area contributed by atoms with Crippen LogP contribution in [0, 0.1) is 0 Å². The Morgan fingerprint density at radius 1 is 1.36 bits per heavy atom. The number of rotatable bonds is 0. The quantitative estimate of drug-likeness (QED) is 0.733. The second kappa shape index (κ2) is 2.94. The van der Waals surface area contributed by atoms with Gasteiger partial charge >= 0.3 is 6.18 Å². The summed E-state index contributed by atoms with van der Waals surface area (Å²) in [5.41, 5.74) is -0.808.